The van der Waals surface area contributed by atoms with Gasteiger partial charge in [-0.3, -0.25) is 4.98 Å². The number of nitrogens with zero attached hydrogens (tertiary/aromatic N) is 4. The minimum atomic E-state index is -1.89. The molecule has 5 nitrogen and oxygen atoms in total. The van der Waals surface area contributed by atoms with Crippen LogP contribution < -0.4 is 4.40 Å². The van der Waals surface area contributed by atoms with Crippen molar-refractivity contribution in [1.29, 1.82) is 0 Å². The van der Waals surface area contributed by atoms with E-state index in [1.807, 2.05) is 43.3 Å². The molecule has 1 fully saturated rings. The molecule has 4 aromatic heterocycles. The van der Waals surface area contributed by atoms with E-state index < -0.39 is 13.3 Å². The second-order valence-corrected chi connectivity index (χ2v) is 29.6. The molecule has 0 amide bonds. The summed E-state index contributed by atoms with van der Waals surface area (Å²) < 4.78 is 10.2. The van der Waals surface area contributed by atoms with Crippen molar-refractivity contribution in [2.75, 3.05) is 0 Å². The SMILES string of the molecule is Cc1ccc2c(n1)oc1c(-c3nc4ccccc4n3-c3ccc(C(C)(C)C)cc3-c3ccccc3)[c-]ccc12.[CH3][Ge]([CH3])([CH3])[c]1cnc(-c2[c-]cccc2)cc1CC1CCCCC1.[Ir]. The number of aryl methyl sites for hydroxylation is 1. The van der Waals surface area contributed by atoms with Crippen LogP contribution in [0.4, 0.5) is 0 Å². The summed E-state index contributed by atoms with van der Waals surface area (Å²) in [4.78, 5) is 14.6. The van der Waals surface area contributed by atoms with Gasteiger partial charge in [0.2, 0.25) is 5.71 Å². The van der Waals surface area contributed by atoms with E-state index in [0.29, 0.717) is 5.71 Å². The van der Waals surface area contributed by atoms with Crippen LogP contribution in [0.25, 0.3) is 72.6 Å². The minimum absolute atomic E-state index is 0. The zero-order valence-electron chi connectivity index (χ0n) is 37.6. The molecular formula is C56H56GeIrN4O-2. The molecule has 7 heteroatoms. The third kappa shape index (κ3) is 9.41. The normalized spacial score (nSPS) is 13.5. The fourth-order valence-corrected chi connectivity index (χ4v) is 12.4. The molecule has 0 spiro atoms. The summed E-state index contributed by atoms with van der Waals surface area (Å²) in [5, 5.41) is 2.00. The van der Waals surface area contributed by atoms with Crippen molar-refractivity contribution in [3.63, 3.8) is 0 Å². The quantitative estimate of drug-likeness (QED) is 0.118. The van der Waals surface area contributed by atoms with E-state index in [1.165, 1.54) is 44.1 Å². The van der Waals surface area contributed by atoms with Crippen LogP contribution in [0.15, 0.2) is 138 Å². The van der Waals surface area contributed by atoms with Gasteiger partial charge in [0.05, 0.1) is 22.4 Å². The molecule has 0 N–H and O–H groups in total. The Hall–Kier alpha value is -5.14. The van der Waals surface area contributed by atoms with Crippen molar-refractivity contribution in [2.45, 2.75) is 88.9 Å². The Morgan fingerprint density at radius 1 is 0.762 bits per heavy atom. The number of fused-ring (bicyclic) bond motifs is 4. The summed E-state index contributed by atoms with van der Waals surface area (Å²) in [6.45, 7) is 8.73. The Morgan fingerprint density at radius 3 is 2.27 bits per heavy atom. The third-order valence-electron chi connectivity index (χ3n) is 12.4. The van der Waals surface area contributed by atoms with Crippen molar-refractivity contribution in [3.05, 3.63) is 163 Å². The molecular weight excluding hydrogens is 1010 g/mol. The van der Waals surface area contributed by atoms with E-state index in [2.05, 4.69) is 157 Å². The molecule has 1 aliphatic carbocycles. The Morgan fingerprint density at radius 2 is 1.52 bits per heavy atom. The first-order valence-electron chi connectivity index (χ1n) is 22.3. The molecule has 0 atom stereocenters. The van der Waals surface area contributed by atoms with E-state index in [1.54, 1.807) is 9.96 Å². The summed E-state index contributed by atoms with van der Waals surface area (Å²) in [5.74, 6) is 9.11. The number of hydrogen-bond donors (Lipinski definition) is 0. The van der Waals surface area contributed by atoms with Crippen molar-refractivity contribution < 1.29 is 24.5 Å². The molecule has 10 rings (SSSR count). The minimum Gasteiger partial charge on any atom is 0 e. The number of furan rings is 1. The van der Waals surface area contributed by atoms with E-state index >= 15 is 0 Å². The number of rotatable bonds is 7. The molecule has 0 saturated heterocycles. The number of pyridine rings is 2. The molecule has 0 aliphatic heterocycles. The molecule has 9 aromatic rings. The van der Waals surface area contributed by atoms with Crippen LogP contribution in [0.2, 0.25) is 17.3 Å². The molecule has 1 aliphatic rings. The number of benzene rings is 5. The van der Waals surface area contributed by atoms with Crippen LogP contribution in [-0.4, -0.2) is 32.8 Å². The van der Waals surface area contributed by atoms with Crippen LogP contribution >= 0.6 is 0 Å². The molecule has 4 heterocycles. The average molecular weight is 1070 g/mol. The predicted molar refractivity (Wildman–Crippen MR) is 261 cm³/mol. The van der Waals surface area contributed by atoms with E-state index in [-0.39, 0.29) is 25.5 Å². The Balaban J connectivity index is 0.000000194. The Bertz CT molecular complexity index is 3010. The van der Waals surface area contributed by atoms with Crippen LogP contribution in [0, 0.1) is 25.0 Å². The largest absolute Gasteiger partial charge is 0 e. The fourth-order valence-electron chi connectivity index (χ4n) is 9.11. The maximum absolute atomic E-state index is 6.39. The summed E-state index contributed by atoms with van der Waals surface area (Å²) in [6, 6.07) is 51.1. The molecule has 63 heavy (non-hydrogen) atoms. The molecule has 0 unspecified atom stereocenters. The standard InChI is InChI=1S/C35H28N3O.C21H28GeN.Ir/c1-22-17-19-26-25-13-10-14-27(32(25)39-34(26)36-22)33-37-29-15-8-9-16-31(29)38(33)30-20-18-24(35(2,3)4)21-28(30)23-11-6-5-7-12-23;1-22(2,3)20-16-23-21(18-12-8-5-9-13-18)15-19(20)14-17-10-6-4-7-11-17;/h5-13,15-21H,1-4H3;5,8-9,12,15-17H,4,6-7,10-11,14H2,1-3H3;/q2*-1;. The monoisotopic (exact) mass is 1070 g/mol. The Kier molecular flexibility index (Phi) is 13.1. The van der Waals surface area contributed by atoms with Crippen molar-refractivity contribution in [3.8, 4) is 39.5 Å². The van der Waals surface area contributed by atoms with Crippen LogP contribution in [-0.2, 0) is 31.9 Å². The first-order chi connectivity index (χ1) is 29.9. The van der Waals surface area contributed by atoms with E-state index in [4.69, 9.17) is 14.4 Å². The van der Waals surface area contributed by atoms with Crippen molar-refractivity contribution >= 4 is 50.8 Å². The maximum atomic E-state index is 6.39. The van der Waals surface area contributed by atoms with Crippen molar-refractivity contribution in [1.82, 2.24) is 19.5 Å². The van der Waals surface area contributed by atoms with Crippen LogP contribution in [0.5, 0.6) is 0 Å². The topological polar surface area (TPSA) is 56.7 Å². The fraction of sp³-hybridized carbons (Fsp3) is 0.268. The first kappa shape index (κ1) is 44.5. The van der Waals surface area contributed by atoms with Gasteiger partial charge in [0.15, 0.2) is 0 Å². The summed E-state index contributed by atoms with van der Waals surface area (Å²) in [7, 11) is 0. The maximum Gasteiger partial charge on any atom is 0 e. The van der Waals surface area contributed by atoms with Crippen LogP contribution in [0.1, 0.15) is 69.7 Å². The van der Waals surface area contributed by atoms with Gasteiger partial charge >= 0.3 is 144 Å². The molecule has 1 saturated carbocycles. The van der Waals surface area contributed by atoms with Gasteiger partial charge in [-0.1, -0.05) is 80.3 Å². The predicted octanol–water partition coefficient (Wildman–Crippen LogP) is 14.3. The summed E-state index contributed by atoms with van der Waals surface area (Å²) in [5.41, 5.74) is 13.5. The molecule has 0 bridgehead atoms. The second kappa shape index (κ2) is 18.5. The molecule has 1 radical (unpaired) electrons. The van der Waals surface area contributed by atoms with Gasteiger partial charge in [-0.25, -0.2) is 4.98 Å². The van der Waals surface area contributed by atoms with Crippen molar-refractivity contribution in [2.24, 2.45) is 5.92 Å². The van der Waals surface area contributed by atoms with Gasteiger partial charge in [0.1, 0.15) is 0 Å². The van der Waals surface area contributed by atoms with Gasteiger partial charge in [-0.15, -0.1) is 18.2 Å². The number of imidazole rings is 1. The average Bonchev–Trinajstić information content (AvgIpc) is 3.85. The van der Waals surface area contributed by atoms with Crippen LogP contribution in [0.3, 0.4) is 0 Å². The van der Waals surface area contributed by atoms with Gasteiger partial charge in [0, 0.05) is 42.4 Å². The van der Waals surface area contributed by atoms with Gasteiger partial charge in [-0.05, 0) is 59.9 Å². The molecule has 321 valence electrons. The summed E-state index contributed by atoms with van der Waals surface area (Å²) in [6.07, 6.45) is 10.5. The van der Waals surface area contributed by atoms with Gasteiger partial charge in [-0.2, -0.15) is 0 Å². The van der Waals surface area contributed by atoms with Gasteiger partial charge in [0.25, 0.3) is 0 Å². The third-order valence-corrected chi connectivity index (χ3v) is 16.8. The zero-order valence-corrected chi connectivity index (χ0v) is 42.0. The second-order valence-electron chi connectivity index (χ2n) is 19.1. The Labute approximate surface area is 389 Å². The number of hydrogen-bond acceptors (Lipinski definition) is 4. The first-order valence-corrected chi connectivity index (χ1v) is 29.6. The number of para-hydroxylation sites is 2. The number of aromatic nitrogens is 4. The van der Waals surface area contributed by atoms with E-state index in [9.17, 15) is 0 Å². The molecule has 5 aromatic carbocycles. The smallest absolute Gasteiger partial charge is 0 e. The summed E-state index contributed by atoms with van der Waals surface area (Å²) >= 11 is -1.89. The zero-order chi connectivity index (χ0) is 43.0. The van der Waals surface area contributed by atoms with Gasteiger partial charge < -0.3 is 8.98 Å². The van der Waals surface area contributed by atoms with E-state index in [0.717, 1.165) is 78.5 Å².